The third-order valence-electron chi connectivity index (χ3n) is 2.82. The van der Waals surface area contributed by atoms with Crippen molar-refractivity contribution in [2.75, 3.05) is 0 Å². The molecule has 16 heavy (non-hydrogen) atoms. The second-order valence-corrected chi connectivity index (χ2v) is 3.76. The number of carbonyl (C=O) groups is 1. The average Bonchev–Trinajstić information content (AvgIpc) is 2.64. The number of hydrogen-bond acceptors (Lipinski definition) is 3. The molecule has 1 aromatic carbocycles. The summed E-state index contributed by atoms with van der Waals surface area (Å²) in [4.78, 5) is 11.7. The van der Waals surface area contributed by atoms with E-state index in [4.69, 9.17) is 0 Å². The minimum Gasteiger partial charge on any atom is -0.507 e. The highest BCUT2D eigenvalue weighted by Crippen LogP contribution is 2.42. The summed E-state index contributed by atoms with van der Waals surface area (Å²) in [7, 11) is 0. The summed E-state index contributed by atoms with van der Waals surface area (Å²) >= 11 is 0. The number of Topliss-reactive ketones (excluding diaryl/α,β-unsaturated/α-hetero) is 1. The van der Waals surface area contributed by atoms with Crippen molar-refractivity contribution < 1.29 is 15.0 Å². The van der Waals surface area contributed by atoms with E-state index in [1.54, 1.807) is 24.3 Å². The topological polar surface area (TPSA) is 57.5 Å². The van der Waals surface area contributed by atoms with Gasteiger partial charge in [0.05, 0.1) is 0 Å². The number of rotatable bonds is 0. The van der Waals surface area contributed by atoms with Gasteiger partial charge in [0.25, 0.3) is 0 Å². The van der Waals surface area contributed by atoms with E-state index in [1.807, 2.05) is 6.07 Å². The largest absolute Gasteiger partial charge is 0.507 e. The maximum absolute atomic E-state index is 11.7. The molecule has 0 spiro atoms. The van der Waals surface area contributed by atoms with Crippen LogP contribution in [-0.2, 0) is 4.79 Å². The standard InChI is InChI=1S/C13H8O3/c14-10-3-1-2-7-6-9-8(12(7)10)4-5-11(15)13(9)16/h1-6,14-15H. The summed E-state index contributed by atoms with van der Waals surface area (Å²) in [6.45, 7) is 0. The Morgan fingerprint density at radius 1 is 1.00 bits per heavy atom. The molecule has 0 fully saturated rings. The van der Waals surface area contributed by atoms with Gasteiger partial charge >= 0.3 is 0 Å². The minimum atomic E-state index is -0.395. The fourth-order valence-electron chi connectivity index (χ4n) is 2.08. The first kappa shape index (κ1) is 8.97. The number of fused-ring (bicyclic) bond motifs is 3. The van der Waals surface area contributed by atoms with Crippen molar-refractivity contribution in [2.45, 2.75) is 0 Å². The van der Waals surface area contributed by atoms with Gasteiger partial charge in [-0.2, -0.15) is 0 Å². The Morgan fingerprint density at radius 3 is 2.62 bits per heavy atom. The van der Waals surface area contributed by atoms with Crippen LogP contribution in [0.4, 0.5) is 0 Å². The lowest BCUT2D eigenvalue weighted by Gasteiger charge is -2.10. The lowest BCUT2D eigenvalue weighted by atomic mass is 9.95. The van der Waals surface area contributed by atoms with Crippen LogP contribution in [0.25, 0.3) is 11.6 Å². The first-order valence-electron chi connectivity index (χ1n) is 4.88. The fourth-order valence-corrected chi connectivity index (χ4v) is 2.08. The molecule has 0 amide bonds. The number of phenolic OH excluding ortho intramolecular Hbond substituents is 1. The van der Waals surface area contributed by atoms with Crippen LogP contribution in [0.5, 0.6) is 5.75 Å². The Hall–Kier alpha value is -2.29. The molecule has 78 valence electrons. The van der Waals surface area contributed by atoms with Crippen molar-refractivity contribution in [3.63, 3.8) is 0 Å². The third kappa shape index (κ3) is 0.997. The number of allylic oxidation sites excluding steroid dienone is 4. The van der Waals surface area contributed by atoms with Gasteiger partial charge in [0.15, 0.2) is 5.76 Å². The number of phenols is 1. The van der Waals surface area contributed by atoms with E-state index < -0.39 is 5.78 Å². The maximum Gasteiger partial charge on any atom is 0.227 e. The van der Waals surface area contributed by atoms with E-state index in [0.29, 0.717) is 16.7 Å². The second kappa shape index (κ2) is 2.85. The quantitative estimate of drug-likeness (QED) is 0.693. The zero-order valence-electron chi connectivity index (χ0n) is 8.27. The second-order valence-electron chi connectivity index (χ2n) is 3.76. The van der Waals surface area contributed by atoms with Crippen molar-refractivity contribution in [1.82, 2.24) is 0 Å². The highest BCUT2D eigenvalue weighted by Gasteiger charge is 2.29. The molecule has 1 aromatic rings. The number of hydrogen-bond donors (Lipinski definition) is 2. The predicted molar refractivity (Wildman–Crippen MR) is 59.8 cm³/mol. The molecule has 0 atom stereocenters. The summed E-state index contributed by atoms with van der Waals surface area (Å²) in [6.07, 6.45) is 4.69. The predicted octanol–water partition coefficient (Wildman–Crippen LogP) is 2.20. The normalized spacial score (nSPS) is 17.2. The highest BCUT2D eigenvalue weighted by molar-refractivity contribution is 6.25. The molecule has 0 saturated carbocycles. The zero-order valence-corrected chi connectivity index (χ0v) is 8.27. The molecule has 0 radical (unpaired) electrons. The maximum atomic E-state index is 11.7. The Kier molecular flexibility index (Phi) is 1.60. The lowest BCUT2D eigenvalue weighted by molar-refractivity contribution is -0.114. The molecule has 0 saturated heterocycles. The number of carbonyl (C=O) groups excluding carboxylic acids is 1. The summed E-state index contributed by atoms with van der Waals surface area (Å²) in [5.41, 5.74) is 2.58. The molecule has 2 aliphatic rings. The van der Waals surface area contributed by atoms with Crippen LogP contribution in [0.1, 0.15) is 11.1 Å². The van der Waals surface area contributed by atoms with Crippen molar-refractivity contribution in [3.8, 4) is 5.75 Å². The molecule has 3 rings (SSSR count). The SMILES string of the molecule is O=C1C(O)=CC=C2C1=Cc1cccc(O)c12. The van der Waals surface area contributed by atoms with Gasteiger partial charge in [-0.25, -0.2) is 0 Å². The van der Waals surface area contributed by atoms with Crippen LogP contribution >= 0.6 is 0 Å². The van der Waals surface area contributed by atoms with Crippen molar-refractivity contribution in [2.24, 2.45) is 0 Å². The van der Waals surface area contributed by atoms with Gasteiger partial charge in [-0.05, 0) is 35.4 Å². The number of benzene rings is 1. The Labute approximate surface area is 91.7 Å². The summed E-state index contributed by atoms with van der Waals surface area (Å²) < 4.78 is 0. The van der Waals surface area contributed by atoms with Crippen LogP contribution < -0.4 is 0 Å². The molecule has 3 heteroatoms. The number of aliphatic hydroxyl groups excluding tert-OH is 1. The average molecular weight is 212 g/mol. The Balaban J connectivity index is 2.29. The summed E-state index contributed by atoms with van der Waals surface area (Å²) in [5, 5.41) is 19.1. The summed E-state index contributed by atoms with van der Waals surface area (Å²) in [5.74, 6) is -0.506. The van der Waals surface area contributed by atoms with E-state index >= 15 is 0 Å². The van der Waals surface area contributed by atoms with Crippen LogP contribution in [0.2, 0.25) is 0 Å². The summed E-state index contributed by atoms with van der Waals surface area (Å²) in [6, 6.07) is 5.13. The number of ketones is 1. The smallest absolute Gasteiger partial charge is 0.227 e. The lowest BCUT2D eigenvalue weighted by Crippen LogP contribution is -2.08. The molecule has 0 heterocycles. The van der Waals surface area contributed by atoms with Gasteiger partial charge in [0.2, 0.25) is 5.78 Å². The molecule has 2 N–H and O–H groups in total. The molecule has 2 aliphatic carbocycles. The molecule has 3 nitrogen and oxygen atoms in total. The van der Waals surface area contributed by atoms with Crippen LogP contribution in [-0.4, -0.2) is 16.0 Å². The monoisotopic (exact) mass is 212 g/mol. The number of aromatic hydroxyl groups is 1. The molecular weight excluding hydrogens is 204 g/mol. The van der Waals surface area contributed by atoms with Gasteiger partial charge in [0.1, 0.15) is 5.75 Å². The molecule has 0 aromatic heterocycles. The van der Waals surface area contributed by atoms with Crippen LogP contribution in [0.3, 0.4) is 0 Å². The van der Waals surface area contributed by atoms with E-state index in [2.05, 4.69) is 0 Å². The molecular formula is C13H8O3. The van der Waals surface area contributed by atoms with Gasteiger partial charge in [0, 0.05) is 11.1 Å². The van der Waals surface area contributed by atoms with Gasteiger partial charge in [-0.3, -0.25) is 4.79 Å². The minimum absolute atomic E-state index is 0.151. The first-order chi connectivity index (χ1) is 7.68. The van der Waals surface area contributed by atoms with Crippen molar-refractivity contribution >= 4 is 17.4 Å². The van der Waals surface area contributed by atoms with E-state index in [9.17, 15) is 15.0 Å². The first-order valence-corrected chi connectivity index (χ1v) is 4.88. The zero-order chi connectivity index (χ0) is 11.3. The molecule has 0 aliphatic heterocycles. The Morgan fingerprint density at radius 2 is 1.81 bits per heavy atom. The molecule has 0 bridgehead atoms. The van der Waals surface area contributed by atoms with Crippen LogP contribution in [0, 0.1) is 0 Å². The van der Waals surface area contributed by atoms with E-state index in [0.717, 1.165) is 5.56 Å². The fraction of sp³-hybridized carbons (Fsp3) is 0. The van der Waals surface area contributed by atoms with Crippen LogP contribution in [0.15, 0.2) is 41.7 Å². The van der Waals surface area contributed by atoms with Crippen molar-refractivity contribution in [1.29, 1.82) is 0 Å². The molecule has 0 unspecified atom stereocenters. The van der Waals surface area contributed by atoms with Gasteiger partial charge in [-0.1, -0.05) is 12.1 Å². The van der Waals surface area contributed by atoms with E-state index in [-0.39, 0.29) is 11.5 Å². The third-order valence-corrected chi connectivity index (χ3v) is 2.82. The van der Waals surface area contributed by atoms with Crippen molar-refractivity contribution in [3.05, 3.63) is 52.8 Å². The van der Waals surface area contributed by atoms with E-state index in [1.165, 1.54) is 6.08 Å². The van der Waals surface area contributed by atoms with Gasteiger partial charge in [-0.15, -0.1) is 0 Å². The number of aliphatic hydroxyl groups is 1. The van der Waals surface area contributed by atoms with Gasteiger partial charge < -0.3 is 10.2 Å². The Bertz CT molecular complexity index is 604. The highest BCUT2D eigenvalue weighted by atomic mass is 16.3.